The van der Waals surface area contributed by atoms with Crippen LogP contribution in [-0.2, 0) is 27.3 Å². The molecule has 1 aliphatic heterocycles. The summed E-state index contributed by atoms with van der Waals surface area (Å²) in [7, 11) is 0. The van der Waals surface area contributed by atoms with Gasteiger partial charge in [0.05, 0.1) is 17.0 Å². The maximum atomic E-state index is 13.2. The number of aromatic nitrogens is 4. The summed E-state index contributed by atoms with van der Waals surface area (Å²) in [5.74, 6) is 0.675. The average molecular weight is 469 g/mol. The van der Waals surface area contributed by atoms with Gasteiger partial charge in [-0.1, -0.05) is 12.1 Å². The molecule has 3 heterocycles. The third-order valence-electron chi connectivity index (χ3n) is 6.36. The number of benzene rings is 1. The number of likely N-dealkylation sites (tertiary alicyclic amines) is 1. The van der Waals surface area contributed by atoms with Gasteiger partial charge < -0.3 is 15.4 Å². The number of primary amides is 1. The van der Waals surface area contributed by atoms with Crippen LogP contribution in [0.4, 0.5) is 0 Å². The van der Waals surface area contributed by atoms with Crippen molar-refractivity contribution >= 4 is 28.5 Å². The highest BCUT2D eigenvalue weighted by molar-refractivity contribution is 5.81. The van der Waals surface area contributed by atoms with Crippen molar-refractivity contribution in [2.75, 3.05) is 19.7 Å². The molecule has 0 bridgehead atoms. The first-order chi connectivity index (χ1) is 16.4. The number of amides is 2. The molecule has 0 aliphatic carbocycles. The lowest BCUT2D eigenvalue weighted by molar-refractivity contribution is -0.134. The predicted molar refractivity (Wildman–Crippen MR) is 127 cm³/mol. The molecule has 182 valence electrons. The van der Waals surface area contributed by atoms with E-state index in [1.165, 1.54) is 0 Å². The van der Waals surface area contributed by atoms with E-state index >= 15 is 0 Å². The number of nitrogens with two attached hydrogens (primary N) is 1. The van der Waals surface area contributed by atoms with E-state index in [0.29, 0.717) is 68.9 Å². The van der Waals surface area contributed by atoms with Crippen molar-refractivity contribution in [3.05, 3.63) is 40.4 Å². The Morgan fingerprint density at radius 3 is 2.62 bits per heavy atom. The zero-order valence-electron chi connectivity index (χ0n) is 19.8. The van der Waals surface area contributed by atoms with E-state index in [0.717, 1.165) is 5.52 Å². The molecule has 0 radical (unpaired) electrons. The minimum Gasteiger partial charge on any atom is -0.379 e. The van der Waals surface area contributed by atoms with E-state index in [1.807, 2.05) is 36.4 Å². The Balaban J connectivity index is 1.55. The fourth-order valence-corrected chi connectivity index (χ4v) is 4.51. The summed E-state index contributed by atoms with van der Waals surface area (Å²) >= 11 is 0. The normalized spacial score (nSPS) is 15.0. The first-order valence-corrected chi connectivity index (χ1v) is 11.9. The lowest BCUT2D eigenvalue weighted by atomic mass is 9.96. The zero-order valence-corrected chi connectivity index (χ0v) is 19.8. The average Bonchev–Trinajstić information content (AvgIpc) is 3.26. The molecule has 2 aromatic heterocycles. The lowest BCUT2D eigenvalue weighted by Gasteiger charge is -2.30. The number of piperidine rings is 1. The zero-order chi connectivity index (χ0) is 24.2. The van der Waals surface area contributed by atoms with Crippen molar-refractivity contribution in [3.8, 4) is 0 Å². The smallest absolute Gasteiger partial charge is 0.262 e. The molecule has 2 N–H and O–H groups in total. The molecule has 0 spiro atoms. The van der Waals surface area contributed by atoms with Crippen LogP contribution in [0.15, 0.2) is 29.1 Å². The van der Waals surface area contributed by atoms with Crippen molar-refractivity contribution in [1.82, 2.24) is 24.1 Å². The molecule has 0 unspecified atom stereocenters. The molecule has 0 saturated carbocycles. The van der Waals surface area contributed by atoms with Gasteiger partial charge in [-0.3, -0.25) is 23.4 Å². The number of carbonyl (C=O) groups excluding carboxylic acids is 2. The second-order valence-electron chi connectivity index (χ2n) is 9.06. The largest absolute Gasteiger partial charge is 0.379 e. The second-order valence-corrected chi connectivity index (χ2v) is 9.06. The number of carbonyl (C=O) groups is 2. The SMILES string of the molecule is CC(C)OCCCn1c(=O)c2ccccc2n2c(CCC(=O)N3CCC(C(N)=O)CC3)nnc12. The van der Waals surface area contributed by atoms with Gasteiger partial charge in [0.25, 0.3) is 5.56 Å². The van der Waals surface area contributed by atoms with Crippen molar-refractivity contribution in [2.45, 2.75) is 58.6 Å². The third kappa shape index (κ3) is 4.96. The molecule has 1 aliphatic rings. The fourth-order valence-electron chi connectivity index (χ4n) is 4.51. The molecule has 1 aromatic carbocycles. The van der Waals surface area contributed by atoms with Gasteiger partial charge in [0.15, 0.2) is 0 Å². The molecule has 4 rings (SSSR count). The number of rotatable bonds is 9. The predicted octanol–water partition coefficient (Wildman–Crippen LogP) is 1.52. The van der Waals surface area contributed by atoms with E-state index in [2.05, 4.69) is 10.2 Å². The van der Waals surface area contributed by atoms with Gasteiger partial charge in [-0.15, -0.1) is 10.2 Å². The first kappa shape index (κ1) is 23.9. The molecular formula is C24H32N6O4. The number of hydrogen-bond acceptors (Lipinski definition) is 6. The van der Waals surface area contributed by atoms with Crippen molar-refractivity contribution < 1.29 is 14.3 Å². The number of hydrogen-bond donors (Lipinski definition) is 1. The molecule has 2 amide bonds. The van der Waals surface area contributed by atoms with Crippen LogP contribution in [-0.4, -0.2) is 61.7 Å². The van der Waals surface area contributed by atoms with Crippen molar-refractivity contribution in [2.24, 2.45) is 11.7 Å². The highest BCUT2D eigenvalue weighted by atomic mass is 16.5. The Morgan fingerprint density at radius 1 is 1.18 bits per heavy atom. The van der Waals surface area contributed by atoms with E-state index in [1.54, 1.807) is 15.5 Å². The van der Waals surface area contributed by atoms with Crippen molar-refractivity contribution in [1.29, 1.82) is 0 Å². The minimum atomic E-state index is -0.296. The summed E-state index contributed by atoms with van der Waals surface area (Å²) < 4.78 is 9.14. The molecule has 34 heavy (non-hydrogen) atoms. The van der Waals surface area contributed by atoms with Gasteiger partial charge in [-0.05, 0) is 45.2 Å². The summed E-state index contributed by atoms with van der Waals surface area (Å²) in [5, 5.41) is 9.25. The standard InChI is InChI=1S/C24H32N6O4/c1-16(2)34-15-5-12-29-23(33)18-6-3-4-7-19(18)30-20(26-27-24(29)30)8-9-21(31)28-13-10-17(11-14-28)22(25)32/h3-4,6-7,16-17H,5,8-15H2,1-2H3,(H2,25,32). The van der Waals surface area contributed by atoms with Gasteiger partial charge in [0.1, 0.15) is 5.82 Å². The fraction of sp³-hybridized carbons (Fsp3) is 0.542. The monoisotopic (exact) mass is 468 g/mol. The minimum absolute atomic E-state index is 0.0168. The quantitative estimate of drug-likeness (QED) is 0.475. The summed E-state index contributed by atoms with van der Waals surface area (Å²) in [6.07, 6.45) is 2.69. The van der Waals surface area contributed by atoms with Gasteiger partial charge in [-0.2, -0.15) is 0 Å². The van der Waals surface area contributed by atoms with Crippen LogP contribution < -0.4 is 11.3 Å². The van der Waals surface area contributed by atoms with Crippen LogP contribution >= 0.6 is 0 Å². The van der Waals surface area contributed by atoms with E-state index < -0.39 is 0 Å². The number of aryl methyl sites for hydroxylation is 2. The second kappa shape index (κ2) is 10.3. The maximum absolute atomic E-state index is 13.2. The number of ether oxygens (including phenoxy) is 1. The third-order valence-corrected chi connectivity index (χ3v) is 6.36. The Hall–Kier alpha value is -3.27. The molecular weight excluding hydrogens is 436 g/mol. The molecule has 1 saturated heterocycles. The number of fused-ring (bicyclic) bond motifs is 3. The van der Waals surface area contributed by atoms with Crippen LogP contribution in [0.1, 0.15) is 45.4 Å². The summed E-state index contributed by atoms with van der Waals surface area (Å²) in [4.78, 5) is 39.1. The summed E-state index contributed by atoms with van der Waals surface area (Å²) in [5.41, 5.74) is 6.01. The summed E-state index contributed by atoms with van der Waals surface area (Å²) in [6.45, 7) is 6.04. The van der Waals surface area contributed by atoms with Crippen LogP contribution in [0.5, 0.6) is 0 Å². The van der Waals surface area contributed by atoms with E-state index in [-0.39, 0.29) is 35.8 Å². The van der Waals surface area contributed by atoms with E-state index in [4.69, 9.17) is 10.5 Å². The number of nitrogens with zero attached hydrogens (tertiary/aromatic N) is 5. The first-order valence-electron chi connectivity index (χ1n) is 11.9. The lowest BCUT2D eigenvalue weighted by Crippen LogP contribution is -2.41. The Labute approximate surface area is 197 Å². The van der Waals surface area contributed by atoms with Gasteiger partial charge in [0.2, 0.25) is 17.6 Å². The molecule has 10 heteroatoms. The van der Waals surface area contributed by atoms with Gasteiger partial charge in [-0.25, -0.2) is 0 Å². The summed E-state index contributed by atoms with van der Waals surface area (Å²) in [6, 6.07) is 7.39. The Morgan fingerprint density at radius 2 is 1.91 bits per heavy atom. The van der Waals surface area contributed by atoms with Crippen LogP contribution in [0.3, 0.4) is 0 Å². The Kier molecular flexibility index (Phi) is 7.26. The highest BCUT2D eigenvalue weighted by Crippen LogP contribution is 2.19. The highest BCUT2D eigenvalue weighted by Gasteiger charge is 2.26. The molecule has 3 aromatic rings. The van der Waals surface area contributed by atoms with Crippen molar-refractivity contribution in [3.63, 3.8) is 0 Å². The molecule has 0 atom stereocenters. The molecule has 1 fully saturated rings. The van der Waals surface area contributed by atoms with Crippen LogP contribution in [0, 0.1) is 5.92 Å². The number of para-hydroxylation sites is 1. The van der Waals surface area contributed by atoms with Crippen LogP contribution in [0.2, 0.25) is 0 Å². The Bertz CT molecular complexity index is 1240. The van der Waals surface area contributed by atoms with Gasteiger partial charge in [0, 0.05) is 45.0 Å². The van der Waals surface area contributed by atoms with E-state index in [9.17, 15) is 14.4 Å². The van der Waals surface area contributed by atoms with Gasteiger partial charge >= 0.3 is 0 Å². The molecule has 10 nitrogen and oxygen atoms in total. The van der Waals surface area contributed by atoms with Crippen LogP contribution in [0.25, 0.3) is 16.7 Å². The maximum Gasteiger partial charge on any atom is 0.262 e. The topological polar surface area (TPSA) is 125 Å².